The van der Waals surface area contributed by atoms with E-state index in [2.05, 4.69) is 5.10 Å². The molecule has 0 amide bonds. The summed E-state index contributed by atoms with van der Waals surface area (Å²) < 4.78 is 1.60. The zero-order valence-electron chi connectivity index (χ0n) is 5.66. The molecule has 56 valence electrons. The fraction of sp³-hybridized carbons (Fsp3) is 0.500. The number of alkyl halides is 1. The van der Waals surface area contributed by atoms with Crippen molar-refractivity contribution in [3.8, 4) is 0 Å². The smallest absolute Gasteiger partial charge is 0.109 e. The number of aryl methyl sites for hydroxylation is 1. The van der Waals surface area contributed by atoms with Crippen molar-refractivity contribution in [2.24, 2.45) is 7.05 Å². The van der Waals surface area contributed by atoms with Crippen molar-refractivity contribution >= 4 is 11.6 Å². The number of hydrogen-bond acceptors (Lipinski definition) is 2. The van der Waals surface area contributed by atoms with Gasteiger partial charge in [0.15, 0.2) is 0 Å². The van der Waals surface area contributed by atoms with Crippen LogP contribution in [0.2, 0.25) is 0 Å². The van der Waals surface area contributed by atoms with E-state index in [9.17, 15) is 5.11 Å². The van der Waals surface area contributed by atoms with Gasteiger partial charge in [0.1, 0.15) is 6.10 Å². The third-order valence-electron chi connectivity index (χ3n) is 1.35. The minimum Gasteiger partial charge on any atom is -0.386 e. The molecular weight excluding hydrogens is 152 g/mol. The van der Waals surface area contributed by atoms with E-state index in [0.717, 1.165) is 5.69 Å². The van der Waals surface area contributed by atoms with E-state index in [0.29, 0.717) is 0 Å². The first kappa shape index (κ1) is 7.57. The molecule has 0 aliphatic rings. The Balaban J connectivity index is 2.82. The minimum absolute atomic E-state index is 0.208. The molecule has 0 aromatic carbocycles. The lowest BCUT2D eigenvalue weighted by molar-refractivity contribution is 0.192. The van der Waals surface area contributed by atoms with Gasteiger partial charge in [-0.25, -0.2) is 0 Å². The van der Waals surface area contributed by atoms with E-state index < -0.39 is 6.10 Å². The number of aromatic nitrogens is 2. The molecule has 1 N–H and O–H groups in total. The van der Waals surface area contributed by atoms with Crippen LogP contribution in [-0.4, -0.2) is 20.8 Å². The van der Waals surface area contributed by atoms with Crippen LogP contribution in [0.3, 0.4) is 0 Å². The number of aliphatic hydroxyl groups excluding tert-OH is 1. The summed E-state index contributed by atoms with van der Waals surface area (Å²) in [6.45, 7) is 0. The highest BCUT2D eigenvalue weighted by molar-refractivity contribution is 6.18. The highest BCUT2D eigenvalue weighted by Crippen LogP contribution is 2.11. The molecule has 4 heteroatoms. The van der Waals surface area contributed by atoms with E-state index in [1.54, 1.807) is 24.0 Å². The molecule has 3 nitrogen and oxygen atoms in total. The van der Waals surface area contributed by atoms with Gasteiger partial charge >= 0.3 is 0 Å². The third-order valence-corrected chi connectivity index (χ3v) is 1.64. The van der Waals surface area contributed by atoms with E-state index in [1.165, 1.54) is 0 Å². The van der Waals surface area contributed by atoms with E-state index in [-0.39, 0.29) is 5.88 Å². The quantitative estimate of drug-likeness (QED) is 0.647. The lowest BCUT2D eigenvalue weighted by Crippen LogP contribution is -2.05. The maximum absolute atomic E-state index is 9.21. The van der Waals surface area contributed by atoms with Gasteiger partial charge in [-0.2, -0.15) is 5.10 Å². The van der Waals surface area contributed by atoms with Crippen molar-refractivity contribution in [1.82, 2.24) is 9.78 Å². The molecule has 0 aliphatic heterocycles. The zero-order valence-corrected chi connectivity index (χ0v) is 6.41. The fourth-order valence-corrected chi connectivity index (χ4v) is 0.948. The largest absolute Gasteiger partial charge is 0.386 e. The standard InChI is InChI=1S/C6H9ClN2O/c1-9-5(2-3-8-9)6(10)4-7/h2-3,6,10H,4H2,1H3. The molecule has 0 bridgehead atoms. The molecule has 1 rings (SSSR count). The Bertz CT molecular complexity index is 211. The minimum atomic E-state index is -0.603. The molecule has 1 heterocycles. The summed E-state index contributed by atoms with van der Waals surface area (Å²) in [6.07, 6.45) is 1.03. The van der Waals surface area contributed by atoms with Crippen molar-refractivity contribution < 1.29 is 5.11 Å². The maximum Gasteiger partial charge on any atom is 0.109 e. The second-order valence-electron chi connectivity index (χ2n) is 2.05. The second kappa shape index (κ2) is 3.03. The SMILES string of the molecule is Cn1nccc1C(O)CCl. The Labute approximate surface area is 64.2 Å². The van der Waals surface area contributed by atoms with Crippen LogP contribution in [0.15, 0.2) is 12.3 Å². The van der Waals surface area contributed by atoms with Crippen LogP contribution in [-0.2, 0) is 7.05 Å². The van der Waals surface area contributed by atoms with Crippen LogP contribution in [0.25, 0.3) is 0 Å². The molecule has 0 fully saturated rings. The van der Waals surface area contributed by atoms with Gasteiger partial charge in [0, 0.05) is 13.2 Å². The molecule has 1 unspecified atom stereocenters. The number of aliphatic hydroxyl groups is 1. The van der Waals surface area contributed by atoms with Crippen LogP contribution in [0.4, 0.5) is 0 Å². The van der Waals surface area contributed by atoms with Crippen LogP contribution in [0.1, 0.15) is 11.8 Å². The van der Waals surface area contributed by atoms with Gasteiger partial charge in [0.05, 0.1) is 11.6 Å². The number of halogens is 1. The highest BCUT2D eigenvalue weighted by Gasteiger charge is 2.08. The Hall–Kier alpha value is -0.540. The topological polar surface area (TPSA) is 38.0 Å². The Morgan fingerprint density at radius 3 is 3.00 bits per heavy atom. The van der Waals surface area contributed by atoms with Crippen molar-refractivity contribution in [3.05, 3.63) is 18.0 Å². The summed E-state index contributed by atoms with van der Waals surface area (Å²) in [5, 5.41) is 13.1. The van der Waals surface area contributed by atoms with Crippen molar-refractivity contribution in [3.63, 3.8) is 0 Å². The van der Waals surface area contributed by atoms with Gasteiger partial charge in [-0.1, -0.05) is 0 Å². The average molecular weight is 161 g/mol. The van der Waals surface area contributed by atoms with Gasteiger partial charge < -0.3 is 5.11 Å². The monoisotopic (exact) mass is 160 g/mol. The number of rotatable bonds is 2. The first-order chi connectivity index (χ1) is 4.75. The summed E-state index contributed by atoms with van der Waals surface area (Å²) in [7, 11) is 1.77. The van der Waals surface area contributed by atoms with Crippen LogP contribution < -0.4 is 0 Å². The van der Waals surface area contributed by atoms with Gasteiger partial charge in [0.25, 0.3) is 0 Å². The maximum atomic E-state index is 9.21. The molecule has 0 radical (unpaired) electrons. The predicted octanol–water partition coefficient (Wildman–Crippen LogP) is 0.692. The first-order valence-corrected chi connectivity index (χ1v) is 3.51. The fourth-order valence-electron chi connectivity index (χ4n) is 0.790. The predicted molar refractivity (Wildman–Crippen MR) is 38.9 cm³/mol. The van der Waals surface area contributed by atoms with Crippen LogP contribution in [0.5, 0.6) is 0 Å². The summed E-state index contributed by atoms with van der Waals surface area (Å²) >= 11 is 5.42. The van der Waals surface area contributed by atoms with Crippen LogP contribution in [0, 0.1) is 0 Å². The third kappa shape index (κ3) is 1.30. The number of hydrogen-bond donors (Lipinski definition) is 1. The zero-order chi connectivity index (χ0) is 7.56. The highest BCUT2D eigenvalue weighted by atomic mass is 35.5. The van der Waals surface area contributed by atoms with Gasteiger partial charge in [-0.3, -0.25) is 4.68 Å². The molecule has 0 saturated heterocycles. The molecule has 0 saturated carbocycles. The molecule has 1 atom stereocenters. The Kier molecular flexibility index (Phi) is 2.29. The van der Waals surface area contributed by atoms with Gasteiger partial charge in [-0.15, -0.1) is 11.6 Å². The summed E-state index contributed by atoms with van der Waals surface area (Å²) in [5.74, 6) is 0.208. The van der Waals surface area contributed by atoms with E-state index >= 15 is 0 Å². The number of nitrogens with zero attached hydrogens (tertiary/aromatic N) is 2. The Morgan fingerprint density at radius 2 is 2.60 bits per heavy atom. The van der Waals surface area contributed by atoms with Gasteiger partial charge in [0.2, 0.25) is 0 Å². The first-order valence-electron chi connectivity index (χ1n) is 2.97. The van der Waals surface area contributed by atoms with Crippen molar-refractivity contribution in [2.45, 2.75) is 6.10 Å². The van der Waals surface area contributed by atoms with Crippen molar-refractivity contribution in [1.29, 1.82) is 0 Å². The summed E-state index contributed by atoms with van der Waals surface area (Å²) in [5.41, 5.74) is 0.745. The van der Waals surface area contributed by atoms with Crippen molar-refractivity contribution in [2.75, 3.05) is 5.88 Å². The second-order valence-corrected chi connectivity index (χ2v) is 2.36. The normalized spacial score (nSPS) is 13.5. The lowest BCUT2D eigenvalue weighted by atomic mass is 10.3. The molecule has 1 aromatic heterocycles. The van der Waals surface area contributed by atoms with E-state index in [1.807, 2.05) is 0 Å². The lowest BCUT2D eigenvalue weighted by Gasteiger charge is -2.05. The summed E-state index contributed by atoms with van der Waals surface area (Å²) in [4.78, 5) is 0. The van der Waals surface area contributed by atoms with Crippen LogP contribution >= 0.6 is 11.6 Å². The van der Waals surface area contributed by atoms with E-state index in [4.69, 9.17) is 11.6 Å². The summed E-state index contributed by atoms with van der Waals surface area (Å²) in [6, 6.07) is 1.74. The molecule has 0 spiro atoms. The molecular formula is C6H9ClN2O. The molecule has 1 aromatic rings. The average Bonchev–Trinajstić information content (AvgIpc) is 2.34. The molecule has 0 aliphatic carbocycles. The van der Waals surface area contributed by atoms with Gasteiger partial charge in [-0.05, 0) is 6.07 Å². The Morgan fingerprint density at radius 1 is 1.90 bits per heavy atom. The molecule has 10 heavy (non-hydrogen) atoms.